The highest BCUT2D eigenvalue weighted by Crippen LogP contribution is 2.28. The Morgan fingerprint density at radius 1 is 1.35 bits per heavy atom. The van der Waals surface area contributed by atoms with Crippen molar-refractivity contribution in [3.63, 3.8) is 0 Å². The largest absolute Gasteiger partial charge is 0.370 e. The van der Waals surface area contributed by atoms with Crippen LogP contribution in [0.15, 0.2) is 36.9 Å². The number of benzene rings is 1. The summed E-state index contributed by atoms with van der Waals surface area (Å²) in [7, 11) is 0. The zero-order valence-electron chi connectivity index (χ0n) is 11.8. The Labute approximate surface area is 120 Å². The molecule has 1 saturated heterocycles. The number of para-hydroxylation sites is 2. The SMILES string of the molecule is C=CCC(N)C(=O)Nc1ccccc1N1CCCCC1. The first-order valence-electron chi connectivity index (χ1n) is 7.23. The maximum atomic E-state index is 12.0. The van der Waals surface area contributed by atoms with Gasteiger partial charge in [0.2, 0.25) is 5.91 Å². The van der Waals surface area contributed by atoms with Crippen molar-refractivity contribution in [3.05, 3.63) is 36.9 Å². The van der Waals surface area contributed by atoms with Crippen LogP contribution >= 0.6 is 0 Å². The molecule has 1 aromatic rings. The average Bonchev–Trinajstić information content (AvgIpc) is 2.49. The molecule has 1 heterocycles. The van der Waals surface area contributed by atoms with E-state index in [0.29, 0.717) is 6.42 Å². The summed E-state index contributed by atoms with van der Waals surface area (Å²) in [6.45, 7) is 5.71. The minimum absolute atomic E-state index is 0.158. The van der Waals surface area contributed by atoms with Gasteiger partial charge in [-0.15, -0.1) is 6.58 Å². The summed E-state index contributed by atoms with van der Waals surface area (Å²) in [5, 5.41) is 2.94. The highest BCUT2D eigenvalue weighted by molar-refractivity contribution is 5.97. The first-order chi connectivity index (χ1) is 9.72. The number of nitrogens with two attached hydrogens (primary N) is 1. The third kappa shape index (κ3) is 3.61. The van der Waals surface area contributed by atoms with Crippen molar-refractivity contribution >= 4 is 17.3 Å². The summed E-state index contributed by atoms with van der Waals surface area (Å²) >= 11 is 0. The van der Waals surface area contributed by atoms with Crippen LogP contribution in [-0.4, -0.2) is 25.0 Å². The van der Waals surface area contributed by atoms with Crippen LogP contribution in [0, 0.1) is 0 Å². The lowest BCUT2D eigenvalue weighted by molar-refractivity contribution is -0.117. The molecule has 0 radical (unpaired) electrons. The molecule has 1 unspecified atom stereocenters. The van der Waals surface area contributed by atoms with Gasteiger partial charge in [-0.1, -0.05) is 18.2 Å². The monoisotopic (exact) mass is 273 g/mol. The van der Waals surface area contributed by atoms with Crippen LogP contribution in [0.25, 0.3) is 0 Å². The van der Waals surface area contributed by atoms with Gasteiger partial charge < -0.3 is 16.0 Å². The first-order valence-corrected chi connectivity index (χ1v) is 7.23. The summed E-state index contributed by atoms with van der Waals surface area (Å²) in [5.74, 6) is -0.158. The zero-order valence-corrected chi connectivity index (χ0v) is 11.8. The summed E-state index contributed by atoms with van der Waals surface area (Å²) in [4.78, 5) is 14.4. The molecule has 1 atom stereocenters. The fourth-order valence-electron chi connectivity index (χ4n) is 2.50. The fraction of sp³-hybridized carbons (Fsp3) is 0.438. The molecule has 1 aliphatic rings. The van der Waals surface area contributed by atoms with Crippen LogP contribution < -0.4 is 16.0 Å². The van der Waals surface area contributed by atoms with Gasteiger partial charge in [0, 0.05) is 13.1 Å². The molecule has 1 amide bonds. The quantitative estimate of drug-likeness (QED) is 0.810. The van der Waals surface area contributed by atoms with Crippen LogP contribution in [0.3, 0.4) is 0 Å². The predicted molar refractivity (Wildman–Crippen MR) is 83.9 cm³/mol. The molecule has 4 nitrogen and oxygen atoms in total. The maximum absolute atomic E-state index is 12.0. The lowest BCUT2D eigenvalue weighted by Crippen LogP contribution is -2.36. The summed E-state index contributed by atoms with van der Waals surface area (Å²) in [6, 6.07) is 7.38. The van der Waals surface area contributed by atoms with E-state index in [1.807, 2.05) is 18.2 Å². The summed E-state index contributed by atoms with van der Waals surface area (Å²) in [6.07, 6.45) is 5.85. The van der Waals surface area contributed by atoms with Gasteiger partial charge in [-0.3, -0.25) is 4.79 Å². The fourth-order valence-corrected chi connectivity index (χ4v) is 2.50. The number of amides is 1. The van der Waals surface area contributed by atoms with E-state index in [-0.39, 0.29) is 5.91 Å². The number of nitrogens with one attached hydrogen (secondary N) is 1. The second-order valence-electron chi connectivity index (χ2n) is 5.18. The molecule has 20 heavy (non-hydrogen) atoms. The molecular weight excluding hydrogens is 250 g/mol. The van der Waals surface area contributed by atoms with Gasteiger partial charge in [-0.25, -0.2) is 0 Å². The summed E-state index contributed by atoms with van der Waals surface area (Å²) < 4.78 is 0. The standard InChI is InChI=1S/C16H23N3O/c1-2-8-13(17)16(20)18-14-9-4-5-10-15(14)19-11-6-3-7-12-19/h2,4-5,9-10,13H,1,3,6-8,11-12,17H2,(H,18,20). The van der Waals surface area contributed by atoms with Crippen molar-refractivity contribution in [2.24, 2.45) is 5.73 Å². The lowest BCUT2D eigenvalue weighted by atomic mass is 10.1. The van der Waals surface area contributed by atoms with Gasteiger partial charge >= 0.3 is 0 Å². The van der Waals surface area contributed by atoms with Gasteiger partial charge in [-0.2, -0.15) is 0 Å². The van der Waals surface area contributed by atoms with E-state index in [4.69, 9.17) is 5.73 Å². The Kier molecular flexibility index (Phi) is 5.18. The molecule has 1 aromatic carbocycles. The molecule has 0 saturated carbocycles. The molecule has 1 fully saturated rings. The Hall–Kier alpha value is -1.81. The third-order valence-electron chi connectivity index (χ3n) is 3.62. The number of nitrogens with zero attached hydrogens (tertiary/aromatic N) is 1. The van der Waals surface area contributed by atoms with Crippen LogP contribution in [0.1, 0.15) is 25.7 Å². The first kappa shape index (κ1) is 14.6. The van der Waals surface area contributed by atoms with Crippen LogP contribution in [-0.2, 0) is 4.79 Å². The molecule has 0 aromatic heterocycles. The van der Waals surface area contributed by atoms with Gasteiger partial charge in [0.25, 0.3) is 0 Å². The lowest BCUT2D eigenvalue weighted by Gasteiger charge is -2.30. The Balaban J connectivity index is 2.11. The normalized spacial score (nSPS) is 16.6. The average molecular weight is 273 g/mol. The van der Waals surface area contributed by atoms with E-state index in [0.717, 1.165) is 24.5 Å². The second-order valence-corrected chi connectivity index (χ2v) is 5.18. The molecular formula is C16H23N3O. The highest BCUT2D eigenvalue weighted by atomic mass is 16.2. The second kappa shape index (κ2) is 7.10. The van der Waals surface area contributed by atoms with Gasteiger partial charge in [0.05, 0.1) is 17.4 Å². The number of carbonyl (C=O) groups excluding carboxylic acids is 1. The van der Waals surface area contributed by atoms with Crippen LogP contribution in [0.2, 0.25) is 0 Å². The smallest absolute Gasteiger partial charge is 0.241 e. The molecule has 0 bridgehead atoms. The number of hydrogen-bond donors (Lipinski definition) is 2. The molecule has 4 heteroatoms. The van der Waals surface area contributed by atoms with E-state index < -0.39 is 6.04 Å². The van der Waals surface area contributed by atoms with E-state index in [2.05, 4.69) is 22.9 Å². The van der Waals surface area contributed by atoms with E-state index in [9.17, 15) is 4.79 Å². The molecule has 0 aliphatic carbocycles. The number of anilines is 2. The minimum Gasteiger partial charge on any atom is -0.370 e. The Morgan fingerprint density at radius 2 is 2.05 bits per heavy atom. The molecule has 108 valence electrons. The Morgan fingerprint density at radius 3 is 2.75 bits per heavy atom. The van der Waals surface area contributed by atoms with Crippen molar-refractivity contribution in [3.8, 4) is 0 Å². The maximum Gasteiger partial charge on any atom is 0.241 e. The molecule has 2 rings (SSSR count). The minimum atomic E-state index is -0.540. The number of rotatable bonds is 5. The number of piperidine rings is 1. The van der Waals surface area contributed by atoms with Gasteiger partial charge in [0.15, 0.2) is 0 Å². The Bertz CT molecular complexity index is 467. The zero-order chi connectivity index (χ0) is 14.4. The van der Waals surface area contributed by atoms with Crippen molar-refractivity contribution in [2.45, 2.75) is 31.7 Å². The predicted octanol–water partition coefficient (Wildman–Crippen LogP) is 2.52. The topological polar surface area (TPSA) is 58.4 Å². The van der Waals surface area contributed by atoms with Crippen molar-refractivity contribution < 1.29 is 4.79 Å². The van der Waals surface area contributed by atoms with Crippen molar-refractivity contribution in [2.75, 3.05) is 23.3 Å². The summed E-state index contributed by atoms with van der Waals surface area (Å²) in [5.41, 5.74) is 7.74. The molecule has 1 aliphatic heterocycles. The number of hydrogen-bond acceptors (Lipinski definition) is 3. The van der Waals surface area contributed by atoms with Gasteiger partial charge in [0.1, 0.15) is 0 Å². The van der Waals surface area contributed by atoms with Crippen molar-refractivity contribution in [1.82, 2.24) is 0 Å². The molecule has 0 spiro atoms. The van der Waals surface area contributed by atoms with Crippen LogP contribution in [0.4, 0.5) is 11.4 Å². The van der Waals surface area contributed by atoms with Crippen LogP contribution in [0.5, 0.6) is 0 Å². The highest BCUT2D eigenvalue weighted by Gasteiger charge is 2.17. The molecule has 3 N–H and O–H groups in total. The number of carbonyl (C=O) groups is 1. The van der Waals surface area contributed by atoms with E-state index in [1.165, 1.54) is 19.3 Å². The van der Waals surface area contributed by atoms with E-state index in [1.54, 1.807) is 6.08 Å². The van der Waals surface area contributed by atoms with Gasteiger partial charge in [-0.05, 0) is 37.8 Å². The third-order valence-corrected chi connectivity index (χ3v) is 3.62. The van der Waals surface area contributed by atoms with Crippen molar-refractivity contribution in [1.29, 1.82) is 0 Å². The van der Waals surface area contributed by atoms with E-state index >= 15 is 0 Å².